The number of aromatic nitrogens is 2. The van der Waals surface area contributed by atoms with Gasteiger partial charge in [0.1, 0.15) is 5.82 Å². The van der Waals surface area contributed by atoms with Gasteiger partial charge in [-0.3, -0.25) is 28.7 Å². The van der Waals surface area contributed by atoms with Gasteiger partial charge in [0.25, 0.3) is 11.5 Å². The molecule has 0 aliphatic heterocycles. The molecule has 0 saturated heterocycles. The van der Waals surface area contributed by atoms with Gasteiger partial charge in [0.15, 0.2) is 12.3 Å². The molecule has 0 unspecified atom stereocenters. The Balaban J connectivity index is 1.98. The van der Waals surface area contributed by atoms with Crippen LogP contribution in [-0.4, -0.2) is 40.5 Å². The first-order valence-electron chi connectivity index (χ1n) is 11.7. The lowest BCUT2D eigenvalue weighted by atomic mass is 10.2. The van der Waals surface area contributed by atoms with Crippen LogP contribution in [0.25, 0.3) is 0 Å². The third-order valence-electron chi connectivity index (χ3n) is 5.21. The number of unbranched alkanes of at least 4 members (excludes halogenated alkanes) is 1. The zero-order chi connectivity index (χ0) is 25.8. The van der Waals surface area contributed by atoms with E-state index in [-0.39, 0.29) is 37.4 Å². The van der Waals surface area contributed by atoms with Crippen molar-refractivity contribution in [1.29, 1.82) is 0 Å². The number of amides is 2. The number of hydrogen-bond acceptors (Lipinski definition) is 7. The number of nitrogens with one attached hydrogen (secondary N) is 2. The number of rotatable bonds is 13. The Hall–Kier alpha value is -3.89. The number of ether oxygens (including phenoxy) is 1. The zero-order valence-corrected chi connectivity index (χ0v) is 20.2. The highest BCUT2D eigenvalue weighted by Crippen LogP contribution is 2.19. The summed E-state index contributed by atoms with van der Waals surface area (Å²) in [6.45, 7) is 4.09. The van der Waals surface area contributed by atoms with Gasteiger partial charge >= 0.3 is 11.7 Å². The summed E-state index contributed by atoms with van der Waals surface area (Å²) in [6, 6.07) is 9.27. The van der Waals surface area contributed by atoms with E-state index in [4.69, 9.17) is 10.5 Å². The maximum atomic E-state index is 13.0. The largest absolute Gasteiger partial charge is 0.456 e. The Labute approximate surface area is 203 Å². The molecule has 11 nitrogen and oxygen atoms in total. The minimum absolute atomic E-state index is 0.0947. The highest BCUT2D eigenvalue weighted by Gasteiger charge is 2.24. The Morgan fingerprint density at radius 2 is 1.80 bits per heavy atom. The minimum atomic E-state index is -0.762. The first-order chi connectivity index (χ1) is 16.8. The molecule has 2 amide bonds. The van der Waals surface area contributed by atoms with Gasteiger partial charge in [0.05, 0.1) is 6.42 Å². The SMILES string of the molecule is CCCCN(C(=O)CCC(=O)OCC(=O)NCc1ccccc1)c1c(N)n(CCC)c(=O)[nH]c1=O. The highest BCUT2D eigenvalue weighted by atomic mass is 16.5. The third-order valence-corrected chi connectivity index (χ3v) is 5.21. The molecule has 4 N–H and O–H groups in total. The molecule has 0 atom stereocenters. The monoisotopic (exact) mass is 487 g/mol. The van der Waals surface area contributed by atoms with Gasteiger partial charge in [-0.25, -0.2) is 4.79 Å². The van der Waals surface area contributed by atoms with Crippen molar-refractivity contribution in [3.05, 3.63) is 56.7 Å². The fraction of sp³-hybridized carbons (Fsp3) is 0.458. The molecular weight excluding hydrogens is 454 g/mol. The van der Waals surface area contributed by atoms with Gasteiger partial charge in [0, 0.05) is 26.1 Å². The fourth-order valence-electron chi connectivity index (χ4n) is 3.37. The average molecular weight is 488 g/mol. The number of hydrogen-bond donors (Lipinski definition) is 3. The topological polar surface area (TPSA) is 157 Å². The molecule has 1 heterocycles. The van der Waals surface area contributed by atoms with Gasteiger partial charge in [-0.1, -0.05) is 50.6 Å². The summed E-state index contributed by atoms with van der Waals surface area (Å²) >= 11 is 0. The normalized spacial score (nSPS) is 10.6. The van der Waals surface area contributed by atoms with Crippen molar-refractivity contribution in [3.63, 3.8) is 0 Å². The molecule has 0 radical (unpaired) electrons. The van der Waals surface area contributed by atoms with Crippen LogP contribution in [0.3, 0.4) is 0 Å². The van der Waals surface area contributed by atoms with E-state index in [1.807, 2.05) is 44.2 Å². The second kappa shape index (κ2) is 13.7. The second-order valence-corrected chi connectivity index (χ2v) is 7.97. The first-order valence-corrected chi connectivity index (χ1v) is 11.7. The van der Waals surface area contributed by atoms with Crippen LogP contribution in [0.1, 0.15) is 51.5 Å². The molecule has 0 aliphatic rings. The van der Waals surface area contributed by atoms with Crippen molar-refractivity contribution in [1.82, 2.24) is 14.9 Å². The summed E-state index contributed by atoms with van der Waals surface area (Å²) in [6.07, 6.45) is 1.41. The Bertz CT molecular complexity index is 1130. The van der Waals surface area contributed by atoms with E-state index >= 15 is 0 Å². The first kappa shape index (κ1) is 27.4. The Morgan fingerprint density at radius 3 is 2.46 bits per heavy atom. The predicted octanol–water partition coefficient (Wildman–Crippen LogP) is 1.30. The van der Waals surface area contributed by atoms with Crippen LogP contribution in [0.5, 0.6) is 0 Å². The molecule has 1 aromatic carbocycles. The van der Waals surface area contributed by atoms with Gasteiger partial charge in [-0.2, -0.15) is 0 Å². The number of H-pyrrole nitrogens is 1. The van der Waals surface area contributed by atoms with Crippen molar-refractivity contribution in [3.8, 4) is 0 Å². The number of carbonyl (C=O) groups is 3. The Kier molecular flexibility index (Phi) is 10.7. The van der Waals surface area contributed by atoms with E-state index in [9.17, 15) is 24.0 Å². The maximum absolute atomic E-state index is 13.0. The molecule has 0 fully saturated rings. The zero-order valence-electron chi connectivity index (χ0n) is 20.2. The summed E-state index contributed by atoms with van der Waals surface area (Å²) in [5.74, 6) is -1.79. The molecule has 1 aromatic heterocycles. The summed E-state index contributed by atoms with van der Waals surface area (Å²) in [7, 11) is 0. The standard InChI is InChI=1S/C24H33N5O6/c1-3-5-14-28(21-22(25)29(13-4-2)24(34)27-23(21)33)19(31)11-12-20(32)35-16-18(30)26-15-17-9-7-6-8-10-17/h6-10H,3-5,11-16,25H2,1-2H3,(H,26,30)(H,27,33,34). The average Bonchev–Trinajstić information content (AvgIpc) is 2.85. The number of esters is 1. The summed E-state index contributed by atoms with van der Waals surface area (Å²) < 4.78 is 6.18. The van der Waals surface area contributed by atoms with Crippen molar-refractivity contribution >= 4 is 29.3 Å². The van der Waals surface area contributed by atoms with Crippen LogP contribution in [0.15, 0.2) is 39.9 Å². The number of carbonyl (C=O) groups excluding carboxylic acids is 3. The minimum Gasteiger partial charge on any atom is -0.456 e. The summed E-state index contributed by atoms with van der Waals surface area (Å²) in [5.41, 5.74) is 5.50. The summed E-state index contributed by atoms with van der Waals surface area (Å²) in [4.78, 5) is 65.0. The van der Waals surface area contributed by atoms with E-state index in [2.05, 4.69) is 10.3 Å². The predicted molar refractivity (Wildman–Crippen MR) is 132 cm³/mol. The Morgan fingerprint density at radius 1 is 1.09 bits per heavy atom. The van der Waals surface area contributed by atoms with E-state index in [1.165, 1.54) is 9.47 Å². The molecule has 0 saturated carbocycles. The number of anilines is 2. The van der Waals surface area contributed by atoms with Gasteiger partial charge in [-0.05, 0) is 18.4 Å². The second-order valence-electron chi connectivity index (χ2n) is 7.97. The molecule has 0 spiro atoms. The number of benzene rings is 1. The van der Waals surface area contributed by atoms with Crippen LogP contribution >= 0.6 is 0 Å². The lowest BCUT2D eigenvalue weighted by Gasteiger charge is -2.24. The number of nitrogen functional groups attached to an aromatic ring is 1. The van der Waals surface area contributed by atoms with E-state index in [0.717, 1.165) is 12.0 Å². The molecule has 35 heavy (non-hydrogen) atoms. The van der Waals surface area contributed by atoms with Crippen molar-refractivity contribution < 1.29 is 19.1 Å². The fourth-order valence-corrected chi connectivity index (χ4v) is 3.37. The maximum Gasteiger partial charge on any atom is 0.330 e. The number of nitrogens with two attached hydrogens (primary N) is 1. The third kappa shape index (κ3) is 8.13. The molecule has 11 heteroatoms. The molecule has 0 bridgehead atoms. The number of nitrogens with zero attached hydrogens (tertiary/aromatic N) is 2. The van der Waals surface area contributed by atoms with Crippen LogP contribution in [0, 0.1) is 0 Å². The van der Waals surface area contributed by atoms with E-state index in [0.29, 0.717) is 19.4 Å². The lowest BCUT2D eigenvalue weighted by Crippen LogP contribution is -2.41. The van der Waals surface area contributed by atoms with Crippen LogP contribution in [0.2, 0.25) is 0 Å². The van der Waals surface area contributed by atoms with Crippen molar-refractivity contribution in [2.24, 2.45) is 0 Å². The number of aromatic amines is 1. The van der Waals surface area contributed by atoms with Gasteiger partial charge in [-0.15, -0.1) is 0 Å². The van der Waals surface area contributed by atoms with Crippen LogP contribution < -0.4 is 27.2 Å². The van der Waals surface area contributed by atoms with Crippen molar-refractivity contribution in [2.45, 2.75) is 59.0 Å². The summed E-state index contributed by atoms with van der Waals surface area (Å²) in [5, 5.41) is 2.64. The van der Waals surface area contributed by atoms with E-state index in [1.54, 1.807) is 0 Å². The smallest absolute Gasteiger partial charge is 0.330 e. The van der Waals surface area contributed by atoms with E-state index < -0.39 is 35.6 Å². The van der Waals surface area contributed by atoms with Crippen molar-refractivity contribution in [2.75, 3.05) is 23.8 Å². The van der Waals surface area contributed by atoms with Crippen LogP contribution in [-0.2, 0) is 32.2 Å². The molecule has 2 aromatic rings. The highest BCUT2D eigenvalue weighted by molar-refractivity contribution is 5.97. The molecule has 0 aliphatic carbocycles. The van der Waals surface area contributed by atoms with Crippen LogP contribution in [0.4, 0.5) is 11.5 Å². The lowest BCUT2D eigenvalue weighted by molar-refractivity contribution is -0.149. The van der Waals surface area contributed by atoms with Gasteiger partial charge in [0.2, 0.25) is 5.91 Å². The molecule has 2 rings (SSSR count). The van der Waals surface area contributed by atoms with Gasteiger partial charge < -0.3 is 20.7 Å². The molecule has 190 valence electrons. The molecular formula is C24H33N5O6. The quantitative estimate of drug-likeness (QED) is 0.359.